The van der Waals surface area contributed by atoms with Gasteiger partial charge in [-0.1, -0.05) is 35.4 Å². The van der Waals surface area contributed by atoms with Gasteiger partial charge in [-0.25, -0.2) is 16.8 Å². The van der Waals surface area contributed by atoms with Crippen molar-refractivity contribution in [1.29, 1.82) is 0 Å². The molecule has 8 nitrogen and oxygen atoms in total. The van der Waals surface area contributed by atoms with Crippen LogP contribution in [0.3, 0.4) is 0 Å². The van der Waals surface area contributed by atoms with E-state index < -0.39 is 44.2 Å². The average Bonchev–Trinajstić information content (AvgIpc) is 2.92. The fraction of sp³-hybridized carbons (Fsp3) is 0.107. The van der Waals surface area contributed by atoms with Gasteiger partial charge in [0, 0.05) is 16.4 Å². The summed E-state index contributed by atoms with van der Waals surface area (Å²) in [6, 6.07) is 20.6. The Morgan fingerprint density at radius 3 is 2.00 bits per heavy atom. The first-order valence-electron chi connectivity index (χ1n) is 12.1. The molecule has 0 unspecified atom stereocenters. The van der Waals surface area contributed by atoms with E-state index >= 15 is 0 Å². The van der Waals surface area contributed by atoms with Crippen LogP contribution < -0.4 is 14.3 Å². The maximum atomic E-state index is 13.5. The first-order chi connectivity index (χ1) is 19.6. The lowest BCUT2D eigenvalue weighted by atomic mass is 10.2. The predicted molar refractivity (Wildman–Crippen MR) is 154 cm³/mol. The third-order valence-electron chi connectivity index (χ3n) is 5.90. The summed E-state index contributed by atoms with van der Waals surface area (Å²) in [5, 5.41) is 2.87. The van der Waals surface area contributed by atoms with Crippen LogP contribution >= 0.6 is 11.6 Å². The number of carbonyl (C=O) groups is 1. The summed E-state index contributed by atoms with van der Waals surface area (Å²) in [6.45, 7) is 1.22. The van der Waals surface area contributed by atoms with Crippen molar-refractivity contribution >= 4 is 54.6 Å². The SMILES string of the molecule is Cc1ccc(N(CC(=O)Nc2ccc(S(=O)(=O)Nc3cccc(C(F)(F)F)c3)cc2)S(=O)(=O)c2ccc(Cl)cc2)cc1. The Labute approximate surface area is 245 Å². The molecular formula is C28H23ClF3N3O5S2. The number of rotatable bonds is 9. The van der Waals surface area contributed by atoms with Crippen molar-refractivity contribution in [2.75, 3.05) is 20.9 Å². The number of nitrogens with zero attached hydrogens (tertiary/aromatic N) is 1. The van der Waals surface area contributed by atoms with E-state index in [-0.39, 0.29) is 26.9 Å². The van der Waals surface area contributed by atoms with Gasteiger partial charge >= 0.3 is 6.18 Å². The molecule has 42 heavy (non-hydrogen) atoms. The highest BCUT2D eigenvalue weighted by molar-refractivity contribution is 7.93. The molecule has 0 aliphatic carbocycles. The monoisotopic (exact) mass is 637 g/mol. The van der Waals surface area contributed by atoms with E-state index in [1.165, 1.54) is 42.5 Å². The van der Waals surface area contributed by atoms with Gasteiger partial charge in [-0.3, -0.25) is 13.8 Å². The molecule has 0 aromatic heterocycles. The van der Waals surface area contributed by atoms with Gasteiger partial charge in [-0.2, -0.15) is 13.2 Å². The van der Waals surface area contributed by atoms with Crippen LogP contribution in [0.1, 0.15) is 11.1 Å². The Balaban J connectivity index is 1.51. The Hall–Kier alpha value is -4.07. The molecule has 0 saturated carbocycles. The van der Waals surface area contributed by atoms with Crippen LogP contribution in [0, 0.1) is 6.92 Å². The van der Waals surface area contributed by atoms with E-state index in [9.17, 15) is 34.8 Å². The van der Waals surface area contributed by atoms with Crippen molar-refractivity contribution in [1.82, 2.24) is 0 Å². The quantitative estimate of drug-likeness (QED) is 0.224. The molecule has 4 aromatic rings. The molecule has 0 atom stereocenters. The highest BCUT2D eigenvalue weighted by Crippen LogP contribution is 2.31. The lowest BCUT2D eigenvalue weighted by Crippen LogP contribution is -2.38. The summed E-state index contributed by atoms with van der Waals surface area (Å²) in [7, 11) is -8.44. The standard InChI is InChI=1S/C28H23ClF3N3O5S2/c1-19-5-11-24(12-6-19)35(42(39,40)26-13-7-21(29)8-14-26)18-27(36)33-22-9-15-25(16-10-22)41(37,38)34-23-4-2-3-20(17-23)28(30,31)32/h2-17,34H,18H2,1H3,(H,33,36). The van der Waals surface area contributed by atoms with Crippen molar-refractivity contribution < 1.29 is 34.8 Å². The molecule has 0 saturated heterocycles. The molecule has 14 heteroatoms. The zero-order chi connectivity index (χ0) is 30.7. The van der Waals surface area contributed by atoms with E-state index in [0.29, 0.717) is 11.1 Å². The van der Waals surface area contributed by atoms with Gasteiger partial charge in [0.1, 0.15) is 6.54 Å². The summed E-state index contributed by atoms with van der Waals surface area (Å²) in [4.78, 5) is 12.6. The molecular weight excluding hydrogens is 615 g/mol. The largest absolute Gasteiger partial charge is 0.416 e. The molecule has 4 rings (SSSR count). The minimum absolute atomic E-state index is 0.0805. The molecule has 0 fully saturated rings. The third-order valence-corrected chi connectivity index (χ3v) is 9.34. The number of anilines is 3. The number of benzene rings is 4. The van der Waals surface area contributed by atoms with Crippen molar-refractivity contribution in [3.05, 3.63) is 113 Å². The van der Waals surface area contributed by atoms with Crippen LogP contribution in [0.25, 0.3) is 0 Å². The number of amides is 1. The number of hydrogen-bond acceptors (Lipinski definition) is 5. The Morgan fingerprint density at radius 2 is 1.40 bits per heavy atom. The summed E-state index contributed by atoms with van der Waals surface area (Å²) in [6.07, 6.45) is -4.65. The fourth-order valence-electron chi connectivity index (χ4n) is 3.78. The van der Waals surface area contributed by atoms with Crippen LogP contribution in [0.5, 0.6) is 0 Å². The lowest BCUT2D eigenvalue weighted by Gasteiger charge is -2.24. The molecule has 0 aliphatic heterocycles. The van der Waals surface area contributed by atoms with Crippen molar-refractivity contribution in [3.63, 3.8) is 0 Å². The molecule has 4 aromatic carbocycles. The number of carbonyl (C=O) groups excluding carboxylic acids is 1. The van der Waals surface area contributed by atoms with Crippen LogP contribution in [-0.4, -0.2) is 29.3 Å². The van der Waals surface area contributed by atoms with Gasteiger partial charge in [0.2, 0.25) is 5.91 Å². The zero-order valence-corrected chi connectivity index (χ0v) is 24.2. The number of hydrogen-bond donors (Lipinski definition) is 2. The molecule has 0 aliphatic rings. The maximum absolute atomic E-state index is 13.5. The highest BCUT2D eigenvalue weighted by atomic mass is 35.5. The number of halogens is 4. The normalized spacial score (nSPS) is 12.0. The summed E-state index contributed by atoms with van der Waals surface area (Å²) in [5.41, 5.74) is -0.0120. The van der Waals surface area contributed by atoms with Crippen LogP contribution in [0.15, 0.2) is 107 Å². The molecule has 0 heterocycles. The Morgan fingerprint density at radius 1 is 0.810 bits per heavy atom. The first-order valence-corrected chi connectivity index (χ1v) is 15.4. The predicted octanol–water partition coefficient (Wildman–Crippen LogP) is 6.30. The van der Waals surface area contributed by atoms with Crippen LogP contribution in [0.4, 0.5) is 30.2 Å². The molecule has 0 bridgehead atoms. The third kappa shape index (κ3) is 7.41. The maximum Gasteiger partial charge on any atom is 0.416 e. The Kier molecular flexibility index (Phi) is 8.85. The van der Waals surface area contributed by atoms with Crippen LogP contribution in [0.2, 0.25) is 5.02 Å². The fourth-order valence-corrected chi connectivity index (χ4v) is 6.38. The molecule has 2 N–H and O–H groups in total. The number of nitrogens with one attached hydrogen (secondary N) is 2. The van der Waals surface area contributed by atoms with E-state index in [1.54, 1.807) is 24.3 Å². The van der Waals surface area contributed by atoms with Gasteiger partial charge in [0.25, 0.3) is 20.0 Å². The summed E-state index contributed by atoms with van der Waals surface area (Å²) < 4.78 is 94.3. The second-order valence-electron chi connectivity index (χ2n) is 9.06. The summed E-state index contributed by atoms with van der Waals surface area (Å²) in [5.74, 6) is -0.717. The highest BCUT2D eigenvalue weighted by Gasteiger charge is 2.31. The van der Waals surface area contributed by atoms with E-state index in [0.717, 1.165) is 34.1 Å². The number of sulfonamides is 2. The molecule has 1 amide bonds. The first kappa shape index (κ1) is 30.9. The van der Waals surface area contributed by atoms with E-state index in [1.807, 2.05) is 6.92 Å². The summed E-state index contributed by atoms with van der Waals surface area (Å²) >= 11 is 5.90. The number of aryl methyl sites for hydroxylation is 1. The van der Waals surface area contributed by atoms with Gasteiger partial charge in [-0.15, -0.1) is 0 Å². The molecule has 220 valence electrons. The average molecular weight is 638 g/mol. The second kappa shape index (κ2) is 12.0. The van der Waals surface area contributed by atoms with Gasteiger partial charge < -0.3 is 5.32 Å². The van der Waals surface area contributed by atoms with Gasteiger partial charge in [0.05, 0.1) is 21.0 Å². The Bertz CT molecular complexity index is 1800. The van der Waals surface area contributed by atoms with Gasteiger partial charge in [0.15, 0.2) is 0 Å². The van der Waals surface area contributed by atoms with Crippen molar-refractivity contribution in [2.24, 2.45) is 0 Å². The van der Waals surface area contributed by atoms with E-state index in [2.05, 4.69) is 10.0 Å². The smallest absolute Gasteiger partial charge is 0.325 e. The van der Waals surface area contributed by atoms with E-state index in [4.69, 9.17) is 11.6 Å². The minimum atomic E-state index is -4.65. The number of alkyl halides is 3. The zero-order valence-electron chi connectivity index (χ0n) is 21.8. The van der Waals surface area contributed by atoms with Gasteiger partial charge in [-0.05, 0) is 85.8 Å². The van der Waals surface area contributed by atoms with Crippen LogP contribution in [-0.2, 0) is 31.0 Å². The lowest BCUT2D eigenvalue weighted by molar-refractivity contribution is -0.137. The van der Waals surface area contributed by atoms with Crippen molar-refractivity contribution in [3.8, 4) is 0 Å². The molecule has 0 radical (unpaired) electrons. The second-order valence-corrected chi connectivity index (χ2v) is 13.0. The van der Waals surface area contributed by atoms with Crippen molar-refractivity contribution in [2.45, 2.75) is 22.9 Å². The topological polar surface area (TPSA) is 113 Å². The minimum Gasteiger partial charge on any atom is -0.325 e. The molecule has 0 spiro atoms.